The van der Waals surface area contributed by atoms with E-state index in [2.05, 4.69) is 10.3 Å². The molecule has 3 rings (SSSR count). The summed E-state index contributed by atoms with van der Waals surface area (Å²) >= 11 is 0. The van der Waals surface area contributed by atoms with Crippen LogP contribution in [0, 0.1) is 5.92 Å². The number of carbonyl (C=O) groups excluding carboxylic acids is 1. The third kappa shape index (κ3) is 4.88. The molecule has 1 heterocycles. The molecule has 148 valence electrons. The lowest BCUT2D eigenvalue weighted by Crippen LogP contribution is -2.19. The van der Waals surface area contributed by atoms with E-state index >= 15 is 0 Å². The quantitative estimate of drug-likeness (QED) is 0.582. The van der Waals surface area contributed by atoms with Crippen LogP contribution in [0.3, 0.4) is 0 Å². The summed E-state index contributed by atoms with van der Waals surface area (Å²) in [5, 5.41) is 12.2. The van der Waals surface area contributed by atoms with Gasteiger partial charge in [-0.15, -0.1) is 0 Å². The minimum absolute atomic E-state index is 0.0657. The summed E-state index contributed by atoms with van der Waals surface area (Å²) in [6, 6.07) is 18.8. The zero-order valence-corrected chi connectivity index (χ0v) is 16.5. The predicted molar refractivity (Wildman–Crippen MR) is 114 cm³/mol. The van der Waals surface area contributed by atoms with Crippen LogP contribution in [0.25, 0.3) is 11.1 Å². The average molecular weight is 388 g/mol. The Hall–Kier alpha value is -3.47. The Morgan fingerprint density at radius 1 is 1.00 bits per heavy atom. The van der Waals surface area contributed by atoms with Crippen molar-refractivity contribution in [2.24, 2.45) is 5.92 Å². The molecule has 0 aliphatic heterocycles. The normalized spacial score (nSPS) is 12.8. The Morgan fingerprint density at radius 3 is 2.31 bits per heavy atom. The number of amides is 1. The van der Waals surface area contributed by atoms with Gasteiger partial charge in [-0.05, 0) is 53.3 Å². The maximum atomic E-state index is 12.5. The first-order valence-electron chi connectivity index (χ1n) is 9.64. The minimum atomic E-state index is -0.767. The summed E-state index contributed by atoms with van der Waals surface area (Å²) in [6.45, 7) is 3.84. The Morgan fingerprint density at radius 2 is 1.69 bits per heavy atom. The average Bonchev–Trinajstić information content (AvgIpc) is 2.75. The summed E-state index contributed by atoms with van der Waals surface area (Å²) in [7, 11) is 0. The van der Waals surface area contributed by atoms with Crippen molar-refractivity contribution in [1.82, 2.24) is 4.98 Å². The van der Waals surface area contributed by atoms with Gasteiger partial charge in [-0.2, -0.15) is 0 Å². The lowest BCUT2D eigenvalue weighted by Gasteiger charge is -2.19. The fourth-order valence-corrected chi connectivity index (χ4v) is 3.43. The van der Waals surface area contributed by atoms with Crippen LogP contribution < -0.4 is 5.32 Å². The summed E-state index contributed by atoms with van der Waals surface area (Å²) in [5.41, 5.74) is 4.15. The SMILES string of the molecule is CCC(C(=O)O)C(C)c1ccc(-c2cccc(C(=O)Nc3ccncc3)c2)cc1. The Labute approximate surface area is 170 Å². The van der Waals surface area contributed by atoms with Crippen LogP contribution >= 0.6 is 0 Å². The van der Waals surface area contributed by atoms with Crippen molar-refractivity contribution in [2.45, 2.75) is 26.2 Å². The van der Waals surface area contributed by atoms with Crippen molar-refractivity contribution < 1.29 is 14.7 Å². The fourth-order valence-electron chi connectivity index (χ4n) is 3.43. The van der Waals surface area contributed by atoms with Gasteiger partial charge in [-0.3, -0.25) is 14.6 Å². The summed E-state index contributed by atoms with van der Waals surface area (Å²) in [6.07, 6.45) is 3.84. The van der Waals surface area contributed by atoms with E-state index in [4.69, 9.17) is 0 Å². The molecule has 5 nitrogen and oxygen atoms in total. The number of nitrogens with zero attached hydrogens (tertiary/aromatic N) is 1. The van der Waals surface area contributed by atoms with Crippen molar-refractivity contribution in [1.29, 1.82) is 0 Å². The van der Waals surface area contributed by atoms with Gasteiger partial charge in [0.15, 0.2) is 0 Å². The number of benzene rings is 2. The van der Waals surface area contributed by atoms with Crippen LogP contribution in [0.4, 0.5) is 5.69 Å². The highest BCUT2D eigenvalue weighted by atomic mass is 16.4. The molecule has 0 bridgehead atoms. The first-order valence-corrected chi connectivity index (χ1v) is 9.64. The summed E-state index contributed by atoms with van der Waals surface area (Å²) in [4.78, 5) is 27.9. The molecular weight excluding hydrogens is 364 g/mol. The monoisotopic (exact) mass is 388 g/mol. The summed E-state index contributed by atoms with van der Waals surface area (Å²) in [5.74, 6) is -1.42. The molecule has 0 spiro atoms. The molecule has 0 aliphatic rings. The molecule has 2 N–H and O–H groups in total. The van der Waals surface area contributed by atoms with Gasteiger partial charge in [0.25, 0.3) is 5.91 Å². The highest BCUT2D eigenvalue weighted by molar-refractivity contribution is 6.04. The number of hydrogen-bond acceptors (Lipinski definition) is 3. The second kappa shape index (κ2) is 9.15. The first kappa shape index (κ1) is 20.3. The minimum Gasteiger partial charge on any atom is -0.481 e. The van der Waals surface area contributed by atoms with E-state index in [-0.39, 0.29) is 11.8 Å². The number of carboxylic acid groups (broad SMARTS) is 1. The number of nitrogens with one attached hydrogen (secondary N) is 1. The predicted octanol–water partition coefficient (Wildman–Crippen LogP) is 5.22. The lowest BCUT2D eigenvalue weighted by atomic mass is 9.85. The van der Waals surface area contributed by atoms with Gasteiger partial charge in [0, 0.05) is 23.6 Å². The van der Waals surface area contributed by atoms with E-state index in [9.17, 15) is 14.7 Å². The van der Waals surface area contributed by atoms with Gasteiger partial charge < -0.3 is 10.4 Å². The van der Waals surface area contributed by atoms with E-state index in [0.29, 0.717) is 17.7 Å². The van der Waals surface area contributed by atoms with Crippen molar-refractivity contribution in [3.05, 3.63) is 84.2 Å². The molecule has 1 aromatic heterocycles. The molecule has 5 heteroatoms. The number of carboxylic acids is 1. The molecule has 2 atom stereocenters. The zero-order chi connectivity index (χ0) is 20.8. The van der Waals surface area contributed by atoms with Crippen molar-refractivity contribution in [2.75, 3.05) is 5.32 Å². The largest absolute Gasteiger partial charge is 0.481 e. The maximum absolute atomic E-state index is 12.5. The first-order chi connectivity index (χ1) is 14.0. The smallest absolute Gasteiger partial charge is 0.307 e. The molecule has 0 fully saturated rings. The number of aliphatic carboxylic acids is 1. The van der Waals surface area contributed by atoms with E-state index in [0.717, 1.165) is 16.7 Å². The van der Waals surface area contributed by atoms with Crippen LogP contribution in [-0.4, -0.2) is 22.0 Å². The number of carbonyl (C=O) groups is 2. The van der Waals surface area contributed by atoms with Crippen LogP contribution in [0.2, 0.25) is 0 Å². The van der Waals surface area contributed by atoms with Gasteiger partial charge in [0.05, 0.1) is 5.92 Å². The van der Waals surface area contributed by atoms with Crippen LogP contribution in [0.5, 0.6) is 0 Å². The highest BCUT2D eigenvalue weighted by Crippen LogP contribution is 2.29. The number of aromatic nitrogens is 1. The van der Waals surface area contributed by atoms with Crippen LogP contribution in [0.1, 0.15) is 42.1 Å². The Bertz CT molecular complexity index is 985. The van der Waals surface area contributed by atoms with Crippen LogP contribution in [0.15, 0.2) is 73.1 Å². The van der Waals surface area contributed by atoms with E-state index < -0.39 is 11.9 Å². The Kier molecular flexibility index (Phi) is 6.39. The molecule has 0 radical (unpaired) electrons. The molecule has 0 saturated carbocycles. The Balaban J connectivity index is 1.78. The topological polar surface area (TPSA) is 79.3 Å². The molecule has 2 aromatic carbocycles. The molecule has 2 unspecified atom stereocenters. The van der Waals surface area contributed by atoms with E-state index in [1.165, 1.54) is 0 Å². The molecular formula is C24H24N2O3. The number of rotatable bonds is 7. The molecule has 3 aromatic rings. The third-order valence-corrected chi connectivity index (χ3v) is 5.19. The number of pyridine rings is 1. The second-order valence-corrected chi connectivity index (χ2v) is 7.03. The molecule has 29 heavy (non-hydrogen) atoms. The van der Waals surface area contributed by atoms with E-state index in [1.54, 1.807) is 30.6 Å². The summed E-state index contributed by atoms with van der Waals surface area (Å²) < 4.78 is 0. The van der Waals surface area contributed by atoms with Gasteiger partial charge in [0.1, 0.15) is 0 Å². The van der Waals surface area contributed by atoms with Crippen molar-refractivity contribution in [3.8, 4) is 11.1 Å². The molecule has 0 aliphatic carbocycles. The molecule has 0 saturated heterocycles. The van der Waals surface area contributed by atoms with Gasteiger partial charge >= 0.3 is 5.97 Å². The maximum Gasteiger partial charge on any atom is 0.307 e. The number of hydrogen-bond donors (Lipinski definition) is 2. The zero-order valence-electron chi connectivity index (χ0n) is 16.5. The standard InChI is InChI=1S/C24H24N2O3/c1-3-22(24(28)29)16(2)17-7-9-18(10-8-17)19-5-4-6-20(15-19)23(27)26-21-11-13-25-14-12-21/h4-16,22H,3H2,1-2H3,(H,28,29)(H,25,26,27). The van der Waals surface area contributed by atoms with Gasteiger partial charge in [-0.25, -0.2) is 0 Å². The fraction of sp³-hybridized carbons (Fsp3) is 0.208. The van der Waals surface area contributed by atoms with E-state index in [1.807, 2.05) is 56.3 Å². The van der Waals surface area contributed by atoms with Crippen LogP contribution in [-0.2, 0) is 4.79 Å². The van der Waals surface area contributed by atoms with Gasteiger partial charge in [-0.1, -0.05) is 50.2 Å². The second-order valence-electron chi connectivity index (χ2n) is 7.03. The number of anilines is 1. The van der Waals surface area contributed by atoms with Crippen molar-refractivity contribution in [3.63, 3.8) is 0 Å². The van der Waals surface area contributed by atoms with Gasteiger partial charge in [0.2, 0.25) is 0 Å². The molecule has 1 amide bonds. The van der Waals surface area contributed by atoms with Crippen molar-refractivity contribution >= 4 is 17.6 Å². The lowest BCUT2D eigenvalue weighted by molar-refractivity contribution is -0.142. The third-order valence-electron chi connectivity index (χ3n) is 5.19. The highest BCUT2D eigenvalue weighted by Gasteiger charge is 2.23.